The van der Waals surface area contributed by atoms with E-state index in [0.29, 0.717) is 21.3 Å². The van der Waals surface area contributed by atoms with Crippen molar-refractivity contribution in [3.8, 4) is 10.7 Å². The number of carbonyl (C=O) groups excluding carboxylic acids is 1. The zero-order valence-electron chi connectivity index (χ0n) is 11.2. The van der Waals surface area contributed by atoms with Gasteiger partial charge in [-0.15, -0.1) is 21.5 Å². The molecule has 0 radical (unpaired) electrons. The first kappa shape index (κ1) is 15.5. The van der Waals surface area contributed by atoms with Crippen molar-refractivity contribution < 1.29 is 9.53 Å². The van der Waals surface area contributed by atoms with E-state index in [0.717, 1.165) is 4.88 Å². The van der Waals surface area contributed by atoms with Crippen LogP contribution in [0, 0.1) is 0 Å². The third-order valence-electron chi connectivity index (χ3n) is 2.22. The monoisotopic (exact) mass is 377 g/mol. The highest BCUT2D eigenvalue weighted by molar-refractivity contribution is 9.08. The molecule has 0 atom stereocenters. The highest BCUT2D eigenvalue weighted by Crippen LogP contribution is 2.30. The summed E-state index contributed by atoms with van der Waals surface area (Å²) in [6.07, 6.45) is -0.503. The van der Waals surface area contributed by atoms with Crippen molar-refractivity contribution >= 4 is 45.0 Å². The van der Waals surface area contributed by atoms with Gasteiger partial charge in [0.1, 0.15) is 5.60 Å². The molecule has 0 unspecified atom stereocenters. The van der Waals surface area contributed by atoms with Gasteiger partial charge in [0.25, 0.3) is 0 Å². The summed E-state index contributed by atoms with van der Waals surface area (Å²) in [5.41, 5.74) is -0.588. The Morgan fingerprint density at radius 3 is 2.65 bits per heavy atom. The van der Waals surface area contributed by atoms with Gasteiger partial charge >= 0.3 is 6.09 Å². The summed E-state index contributed by atoms with van der Waals surface area (Å²) < 4.78 is 7.38. The van der Waals surface area contributed by atoms with Gasteiger partial charge in [0.15, 0.2) is 11.6 Å². The standard InChI is InChI=1S/C12H13BrClN3O2S/c1-12(2,3)19-11(18)17-9(6-13)15-16-10(17)7-4-5-8(14)20-7/h4-5H,6H2,1-3H3. The maximum atomic E-state index is 12.3. The van der Waals surface area contributed by atoms with Gasteiger partial charge < -0.3 is 4.74 Å². The van der Waals surface area contributed by atoms with E-state index in [4.69, 9.17) is 16.3 Å². The zero-order chi connectivity index (χ0) is 14.9. The smallest absolute Gasteiger partial charge is 0.421 e. The van der Waals surface area contributed by atoms with E-state index >= 15 is 0 Å². The zero-order valence-corrected chi connectivity index (χ0v) is 14.3. The Kier molecular flexibility index (Phi) is 4.51. The fraction of sp³-hybridized carbons (Fsp3) is 0.417. The van der Waals surface area contributed by atoms with E-state index in [1.807, 2.05) is 20.8 Å². The van der Waals surface area contributed by atoms with Gasteiger partial charge in [0, 0.05) is 0 Å². The third-order valence-corrected chi connectivity index (χ3v) is 3.95. The van der Waals surface area contributed by atoms with Crippen molar-refractivity contribution in [2.24, 2.45) is 0 Å². The van der Waals surface area contributed by atoms with Crippen LogP contribution in [0.4, 0.5) is 4.79 Å². The van der Waals surface area contributed by atoms with E-state index < -0.39 is 11.7 Å². The van der Waals surface area contributed by atoms with Crippen molar-refractivity contribution in [2.45, 2.75) is 31.7 Å². The molecule has 0 aliphatic rings. The Morgan fingerprint density at radius 2 is 2.15 bits per heavy atom. The van der Waals surface area contributed by atoms with Crippen LogP contribution < -0.4 is 0 Å². The fourth-order valence-corrected chi connectivity index (χ4v) is 2.88. The number of thiophene rings is 1. The predicted octanol–water partition coefficient (Wildman–Crippen LogP) is 4.34. The van der Waals surface area contributed by atoms with Crippen molar-refractivity contribution in [1.29, 1.82) is 0 Å². The fourth-order valence-electron chi connectivity index (χ4n) is 1.50. The van der Waals surface area contributed by atoms with Crippen LogP contribution in [-0.4, -0.2) is 26.5 Å². The Labute approximate surface area is 134 Å². The van der Waals surface area contributed by atoms with Crippen LogP contribution in [0.25, 0.3) is 10.7 Å². The van der Waals surface area contributed by atoms with Crippen LogP contribution in [-0.2, 0) is 10.1 Å². The van der Waals surface area contributed by atoms with Crippen LogP contribution in [0.2, 0.25) is 4.34 Å². The number of aromatic nitrogens is 3. The maximum Gasteiger partial charge on any atom is 0.421 e. The van der Waals surface area contributed by atoms with Crippen LogP contribution >= 0.6 is 38.9 Å². The van der Waals surface area contributed by atoms with Gasteiger partial charge in [0.2, 0.25) is 0 Å². The summed E-state index contributed by atoms with van der Waals surface area (Å²) in [5, 5.41) is 8.46. The highest BCUT2D eigenvalue weighted by atomic mass is 79.9. The summed E-state index contributed by atoms with van der Waals surface area (Å²) in [6, 6.07) is 3.55. The molecule has 108 valence electrons. The lowest BCUT2D eigenvalue weighted by Gasteiger charge is -2.20. The summed E-state index contributed by atoms with van der Waals surface area (Å²) in [6.45, 7) is 5.43. The number of rotatable bonds is 2. The van der Waals surface area contributed by atoms with Gasteiger partial charge in [0.05, 0.1) is 14.5 Å². The second-order valence-electron chi connectivity index (χ2n) is 4.99. The number of halogens is 2. The molecule has 0 aliphatic carbocycles. The molecule has 0 saturated heterocycles. The van der Waals surface area contributed by atoms with Crippen molar-refractivity contribution in [3.05, 3.63) is 22.3 Å². The topological polar surface area (TPSA) is 57.0 Å². The molecule has 0 fully saturated rings. The molecule has 5 nitrogen and oxygen atoms in total. The van der Waals surface area contributed by atoms with E-state index in [9.17, 15) is 4.79 Å². The normalized spacial score (nSPS) is 11.7. The lowest BCUT2D eigenvalue weighted by atomic mass is 10.2. The lowest BCUT2D eigenvalue weighted by molar-refractivity contribution is 0.0536. The molecule has 0 spiro atoms. The van der Waals surface area contributed by atoms with E-state index in [1.54, 1.807) is 12.1 Å². The second-order valence-corrected chi connectivity index (χ2v) is 7.27. The molecular formula is C12H13BrClN3O2S. The molecule has 2 rings (SSSR count). The molecule has 0 aliphatic heterocycles. The third kappa shape index (κ3) is 3.39. The largest absolute Gasteiger partial charge is 0.443 e. The Balaban J connectivity index is 2.45. The summed E-state index contributed by atoms with van der Waals surface area (Å²) in [4.78, 5) is 13.1. The molecule has 0 amide bonds. The molecule has 0 aromatic carbocycles. The van der Waals surface area contributed by atoms with Gasteiger partial charge in [-0.3, -0.25) is 0 Å². The van der Waals surface area contributed by atoms with E-state index in [1.165, 1.54) is 15.9 Å². The lowest BCUT2D eigenvalue weighted by Crippen LogP contribution is -2.28. The summed E-state index contributed by atoms with van der Waals surface area (Å²) in [5.74, 6) is 0.921. The number of ether oxygens (including phenoxy) is 1. The minimum Gasteiger partial charge on any atom is -0.443 e. The Bertz CT molecular complexity index is 633. The molecule has 0 saturated carbocycles. The molecular weight excluding hydrogens is 366 g/mol. The number of carbonyl (C=O) groups is 1. The van der Waals surface area contributed by atoms with Gasteiger partial charge in [-0.05, 0) is 32.9 Å². The molecule has 0 bridgehead atoms. The molecule has 8 heteroatoms. The average Bonchev–Trinajstić information content (AvgIpc) is 2.91. The second kappa shape index (κ2) is 5.83. The van der Waals surface area contributed by atoms with E-state index in [-0.39, 0.29) is 0 Å². The van der Waals surface area contributed by atoms with Gasteiger partial charge in [-0.2, -0.15) is 0 Å². The maximum absolute atomic E-state index is 12.3. The Morgan fingerprint density at radius 1 is 1.45 bits per heavy atom. The average molecular weight is 379 g/mol. The first-order valence-electron chi connectivity index (χ1n) is 5.81. The van der Waals surface area contributed by atoms with Crippen LogP contribution in [0.1, 0.15) is 26.6 Å². The molecule has 0 N–H and O–H groups in total. The molecule has 2 heterocycles. The number of hydrogen-bond donors (Lipinski definition) is 0. The van der Waals surface area contributed by atoms with Crippen LogP contribution in [0.5, 0.6) is 0 Å². The van der Waals surface area contributed by atoms with Crippen molar-refractivity contribution in [3.63, 3.8) is 0 Å². The summed E-state index contributed by atoms with van der Waals surface area (Å²) >= 11 is 10.6. The van der Waals surface area contributed by atoms with Gasteiger partial charge in [-0.25, -0.2) is 9.36 Å². The Hall–Kier alpha value is -0.920. The quantitative estimate of drug-likeness (QED) is 0.730. The minimum absolute atomic E-state index is 0.401. The van der Waals surface area contributed by atoms with Crippen molar-refractivity contribution in [1.82, 2.24) is 14.8 Å². The molecule has 2 aromatic rings. The van der Waals surface area contributed by atoms with Crippen LogP contribution in [0.15, 0.2) is 12.1 Å². The highest BCUT2D eigenvalue weighted by Gasteiger charge is 2.25. The SMILES string of the molecule is CC(C)(C)OC(=O)n1c(CBr)nnc1-c1ccc(Cl)s1. The van der Waals surface area contributed by atoms with E-state index in [2.05, 4.69) is 26.1 Å². The number of nitrogens with zero attached hydrogens (tertiary/aromatic N) is 3. The first-order chi connectivity index (χ1) is 9.31. The minimum atomic E-state index is -0.588. The predicted molar refractivity (Wildman–Crippen MR) is 82.6 cm³/mol. The van der Waals surface area contributed by atoms with Crippen molar-refractivity contribution in [2.75, 3.05) is 0 Å². The first-order valence-corrected chi connectivity index (χ1v) is 8.13. The number of hydrogen-bond acceptors (Lipinski definition) is 5. The molecule has 20 heavy (non-hydrogen) atoms. The summed E-state index contributed by atoms with van der Waals surface area (Å²) in [7, 11) is 0. The number of alkyl halides is 1. The van der Waals surface area contributed by atoms with Gasteiger partial charge in [-0.1, -0.05) is 27.5 Å². The molecule has 2 aromatic heterocycles. The van der Waals surface area contributed by atoms with Crippen LogP contribution in [0.3, 0.4) is 0 Å².